The third kappa shape index (κ3) is 5.75. The monoisotopic (exact) mass is 122 g/mol. The Kier molecular flexibility index (Phi) is 2.75. The lowest BCUT2D eigenvalue weighted by Gasteiger charge is -1.94. The zero-order valence-electron chi connectivity index (χ0n) is 3.94. The lowest BCUT2D eigenvalue weighted by atomic mass is 10.9. The van der Waals surface area contributed by atoms with Gasteiger partial charge >= 0.3 is 0 Å². The van der Waals surface area contributed by atoms with Gasteiger partial charge in [0.05, 0.1) is 0 Å². The summed E-state index contributed by atoms with van der Waals surface area (Å²) in [6.45, 7) is 1.34. The van der Waals surface area contributed by atoms with E-state index in [1.165, 1.54) is 6.92 Å². The van der Waals surface area contributed by atoms with Crippen LogP contribution in [0.2, 0.25) is 0 Å². The van der Waals surface area contributed by atoms with Gasteiger partial charge in [0, 0.05) is 0 Å². The number of hydrogen-bond donors (Lipinski definition) is 2. The minimum absolute atomic E-state index is 0.171. The molecule has 0 aromatic rings. The summed E-state index contributed by atoms with van der Waals surface area (Å²) < 4.78 is 11.7. The van der Waals surface area contributed by atoms with Gasteiger partial charge < -0.3 is 5.73 Å². The van der Waals surface area contributed by atoms with Gasteiger partial charge in [0.1, 0.15) is 5.50 Å². The number of halogens is 1. The molecule has 0 radical (unpaired) electrons. The molecule has 0 bridgehead atoms. The van der Waals surface area contributed by atoms with Gasteiger partial charge in [-0.2, -0.15) is 0 Å². The van der Waals surface area contributed by atoms with Crippen LogP contribution in [-0.2, 0) is 0 Å². The zero-order valence-corrected chi connectivity index (χ0v) is 4.76. The van der Waals surface area contributed by atoms with E-state index in [-0.39, 0.29) is 5.17 Å². The first kappa shape index (κ1) is 6.75. The molecule has 1 unspecified atom stereocenters. The van der Waals surface area contributed by atoms with Crippen molar-refractivity contribution in [2.45, 2.75) is 12.4 Å². The second-order valence-electron chi connectivity index (χ2n) is 1.03. The highest BCUT2D eigenvalue weighted by Gasteiger charge is 1.97. The first-order valence-electron chi connectivity index (χ1n) is 1.77. The first-order chi connectivity index (χ1) is 3.13. The molecule has 3 N–H and O–H groups in total. The van der Waals surface area contributed by atoms with Crippen molar-refractivity contribution in [2.75, 3.05) is 0 Å². The molecular weight excluding hydrogens is 115 g/mol. The molecule has 0 amide bonds. The smallest absolute Gasteiger partial charge is 0.153 e. The number of thioether (sulfide) groups is 1. The lowest BCUT2D eigenvalue weighted by molar-refractivity contribution is 0.485. The van der Waals surface area contributed by atoms with E-state index in [1.807, 2.05) is 0 Å². The zero-order chi connectivity index (χ0) is 5.86. The van der Waals surface area contributed by atoms with E-state index in [9.17, 15) is 4.39 Å². The van der Waals surface area contributed by atoms with Crippen LogP contribution in [0.4, 0.5) is 4.39 Å². The van der Waals surface area contributed by atoms with Crippen molar-refractivity contribution in [3.8, 4) is 0 Å². The second-order valence-corrected chi connectivity index (χ2v) is 2.35. The summed E-state index contributed by atoms with van der Waals surface area (Å²) in [6.07, 6.45) is 0. The lowest BCUT2D eigenvalue weighted by Crippen LogP contribution is -2.06. The maximum absolute atomic E-state index is 11.7. The quantitative estimate of drug-likeness (QED) is 0.401. The Balaban J connectivity index is 3.13. The average Bonchev–Trinajstić information content (AvgIpc) is 1.27. The van der Waals surface area contributed by atoms with Crippen LogP contribution < -0.4 is 5.73 Å². The molecule has 0 aromatic carbocycles. The number of rotatable bonds is 1. The summed E-state index contributed by atoms with van der Waals surface area (Å²) in [5, 5.41) is 6.35. The largest absolute Gasteiger partial charge is 0.379 e. The predicted molar refractivity (Wildman–Crippen MR) is 30.1 cm³/mol. The van der Waals surface area contributed by atoms with Gasteiger partial charge in [-0.3, -0.25) is 5.41 Å². The van der Waals surface area contributed by atoms with Crippen LogP contribution in [0.3, 0.4) is 0 Å². The standard InChI is InChI=1S/C3H7FN2S/c1-2(4)7-3(5)6/h2H,1H3,(H3,5,6). The van der Waals surface area contributed by atoms with Gasteiger partial charge in [0.25, 0.3) is 0 Å². The summed E-state index contributed by atoms with van der Waals surface area (Å²) in [4.78, 5) is 0. The summed E-state index contributed by atoms with van der Waals surface area (Å²) in [5.41, 5.74) is 3.74. The fraction of sp³-hybridized carbons (Fsp3) is 0.667. The fourth-order valence-electron chi connectivity index (χ4n) is 0.175. The van der Waals surface area contributed by atoms with E-state index >= 15 is 0 Å². The van der Waals surface area contributed by atoms with Gasteiger partial charge in [0.15, 0.2) is 5.17 Å². The van der Waals surface area contributed by atoms with Crippen molar-refractivity contribution in [3.63, 3.8) is 0 Å². The minimum Gasteiger partial charge on any atom is -0.379 e. The van der Waals surface area contributed by atoms with Crippen LogP contribution in [0, 0.1) is 5.41 Å². The number of nitrogens with one attached hydrogen (secondary N) is 1. The molecule has 0 aliphatic carbocycles. The third-order valence-electron chi connectivity index (χ3n) is 0.289. The fourth-order valence-corrected chi connectivity index (χ4v) is 0.525. The van der Waals surface area contributed by atoms with Gasteiger partial charge in [0.2, 0.25) is 0 Å². The molecule has 0 fully saturated rings. The molecule has 7 heavy (non-hydrogen) atoms. The number of alkyl halides is 1. The maximum Gasteiger partial charge on any atom is 0.153 e. The van der Waals surface area contributed by atoms with Crippen LogP contribution in [0.15, 0.2) is 0 Å². The Hall–Kier alpha value is -0.250. The van der Waals surface area contributed by atoms with Gasteiger partial charge in [-0.1, -0.05) is 11.8 Å². The van der Waals surface area contributed by atoms with Crippen LogP contribution in [0.1, 0.15) is 6.92 Å². The van der Waals surface area contributed by atoms with E-state index in [4.69, 9.17) is 11.1 Å². The van der Waals surface area contributed by atoms with Crippen LogP contribution in [-0.4, -0.2) is 10.7 Å². The molecule has 0 aliphatic rings. The Labute approximate surface area is 45.8 Å². The highest BCUT2D eigenvalue weighted by Crippen LogP contribution is 2.08. The summed E-state index contributed by atoms with van der Waals surface area (Å²) in [5.74, 6) is 0. The van der Waals surface area contributed by atoms with Crippen LogP contribution >= 0.6 is 11.8 Å². The van der Waals surface area contributed by atoms with Crippen molar-refractivity contribution in [2.24, 2.45) is 5.73 Å². The summed E-state index contributed by atoms with van der Waals surface area (Å²) in [6, 6.07) is 0. The van der Waals surface area contributed by atoms with Gasteiger partial charge in [-0.15, -0.1) is 0 Å². The van der Waals surface area contributed by atoms with E-state index < -0.39 is 5.50 Å². The van der Waals surface area contributed by atoms with E-state index in [2.05, 4.69) is 0 Å². The molecule has 2 nitrogen and oxygen atoms in total. The molecule has 0 aromatic heterocycles. The highest BCUT2D eigenvalue weighted by atomic mass is 32.2. The van der Waals surface area contributed by atoms with Gasteiger partial charge in [-0.05, 0) is 6.92 Å². The number of amidine groups is 1. The third-order valence-corrected chi connectivity index (χ3v) is 0.868. The number of nitrogens with two attached hydrogens (primary N) is 1. The first-order valence-corrected chi connectivity index (χ1v) is 2.65. The molecule has 0 saturated carbocycles. The molecule has 0 saturated heterocycles. The molecule has 0 rings (SSSR count). The van der Waals surface area contributed by atoms with Crippen LogP contribution in [0.25, 0.3) is 0 Å². The Morgan fingerprint density at radius 3 is 2.43 bits per heavy atom. The minimum atomic E-state index is -1.06. The molecule has 0 aliphatic heterocycles. The van der Waals surface area contributed by atoms with Crippen molar-refractivity contribution < 1.29 is 4.39 Å². The molecule has 42 valence electrons. The number of hydrogen-bond acceptors (Lipinski definition) is 2. The average molecular weight is 122 g/mol. The van der Waals surface area contributed by atoms with Crippen LogP contribution in [0.5, 0.6) is 0 Å². The molecule has 1 atom stereocenters. The Bertz CT molecular complexity index is 73.3. The Morgan fingerprint density at radius 2 is 2.43 bits per heavy atom. The summed E-state index contributed by atoms with van der Waals surface area (Å²) in [7, 11) is 0. The molecule has 4 heteroatoms. The van der Waals surface area contributed by atoms with E-state index in [0.717, 1.165) is 0 Å². The van der Waals surface area contributed by atoms with E-state index in [1.54, 1.807) is 0 Å². The van der Waals surface area contributed by atoms with E-state index in [0.29, 0.717) is 11.8 Å². The maximum atomic E-state index is 11.7. The van der Waals surface area contributed by atoms with Crippen molar-refractivity contribution in [1.82, 2.24) is 0 Å². The summed E-state index contributed by atoms with van der Waals surface area (Å²) >= 11 is 0.704. The van der Waals surface area contributed by atoms with Crippen molar-refractivity contribution in [3.05, 3.63) is 0 Å². The predicted octanol–water partition coefficient (Wildman–Crippen LogP) is 0.929. The Morgan fingerprint density at radius 1 is 2.00 bits per heavy atom. The second kappa shape index (κ2) is 2.85. The topological polar surface area (TPSA) is 49.9 Å². The van der Waals surface area contributed by atoms with Gasteiger partial charge in [-0.25, -0.2) is 4.39 Å². The normalized spacial score (nSPS) is 13.4. The van der Waals surface area contributed by atoms with Crippen molar-refractivity contribution in [1.29, 1.82) is 5.41 Å². The molecule has 0 heterocycles. The molecule has 0 spiro atoms. The van der Waals surface area contributed by atoms with Crippen molar-refractivity contribution >= 4 is 16.9 Å². The SMILES string of the molecule is CC(F)SC(=N)N. The highest BCUT2D eigenvalue weighted by molar-refractivity contribution is 8.14. The molecular formula is C3H7FN2S.